The third-order valence-electron chi connectivity index (χ3n) is 5.78. The highest BCUT2D eigenvalue weighted by atomic mass is 32.2. The molecule has 0 spiro atoms. The van der Waals surface area contributed by atoms with Gasteiger partial charge in [0.05, 0.1) is 22.8 Å². The molecule has 0 bridgehead atoms. The van der Waals surface area contributed by atoms with Gasteiger partial charge in [0.2, 0.25) is 0 Å². The number of nitrogens with zero attached hydrogens (tertiary/aromatic N) is 3. The van der Waals surface area contributed by atoms with Crippen molar-refractivity contribution in [1.29, 1.82) is 0 Å². The van der Waals surface area contributed by atoms with Crippen LogP contribution in [0.25, 0.3) is 0 Å². The number of ether oxygens (including phenoxy) is 1. The van der Waals surface area contributed by atoms with Gasteiger partial charge in [0.25, 0.3) is 5.91 Å². The van der Waals surface area contributed by atoms with Gasteiger partial charge >= 0.3 is 5.97 Å². The Morgan fingerprint density at radius 1 is 0.914 bits per heavy atom. The lowest BCUT2D eigenvalue weighted by atomic mass is 10.1. The number of pyridine rings is 1. The van der Waals surface area contributed by atoms with Crippen LogP contribution in [0.2, 0.25) is 0 Å². The van der Waals surface area contributed by atoms with Gasteiger partial charge in [-0.25, -0.2) is 18.2 Å². The van der Waals surface area contributed by atoms with Gasteiger partial charge in [-0.05, 0) is 48.9 Å². The summed E-state index contributed by atoms with van der Waals surface area (Å²) in [6, 6.07) is 18.6. The number of rotatable bonds is 7. The lowest BCUT2D eigenvalue weighted by molar-refractivity contribution is 0.0525. The number of carbonyl (C=O) groups excluding carboxylic acids is 2. The van der Waals surface area contributed by atoms with Crippen LogP contribution < -0.4 is 4.90 Å². The quantitative estimate of drug-likeness (QED) is 0.466. The van der Waals surface area contributed by atoms with Crippen molar-refractivity contribution in [2.45, 2.75) is 17.6 Å². The molecule has 1 fully saturated rings. The van der Waals surface area contributed by atoms with Crippen LogP contribution in [0.4, 0.5) is 5.82 Å². The minimum absolute atomic E-state index is 0.130. The minimum Gasteiger partial charge on any atom is -0.462 e. The van der Waals surface area contributed by atoms with E-state index in [1.54, 1.807) is 78.6 Å². The molecule has 8 nitrogen and oxygen atoms in total. The van der Waals surface area contributed by atoms with E-state index in [0.29, 0.717) is 49.5 Å². The number of anilines is 1. The number of carbonyl (C=O) groups is 2. The van der Waals surface area contributed by atoms with Crippen LogP contribution in [-0.2, 0) is 20.3 Å². The van der Waals surface area contributed by atoms with E-state index in [0.717, 1.165) is 5.82 Å². The zero-order valence-electron chi connectivity index (χ0n) is 19.5. The molecule has 0 N–H and O–H groups in total. The number of sulfone groups is 1. The Hall–Kier alpha value is -3.72. The summed E-state index contributed by atoms with van der Waals surface area (Å²) in [4.78, 5) is 33.4. The highest BCUT2D eigenvalue weighted by Crippen LogP contribution is 2.19. The largest absolute Gasteiger partial charge is 0.462 e. The van der Waals surface area contributed by atoms with Crippen molar-refractivity contribution < 1.29 is 22.7 Å². The summed E-state index contributed by atoms with van der Waals surface area (Å²) >= 11 is 0. The Kier molecular flexibility index (Phi) is 7.45. The predicted octanol–water partition coefficient (Wildman–Crippen LogP) is 3.19. The van der Waals surface area contributed by atoms with Crippen LogP contribution in [0.5, 0.6) is 0 Å². The second kappa shape index (κ2) is 10.7. The first-order valence-electron chi connectivity index (χ1n) is 11.4. The van der Waals surface area contributed by atoms with Gasteiger partial charge in [-0.15, -0.1) is 0 Å². The predicted molar refractivity (Wildman–Crippen MR) is 132 cm³/mol. The molecule has 3 aromatic rings. The molecular weight excluding hydrogens is 466 g/mol. The maximum Gasteiger partial charge on any atom is 0.339 e. The average molecular weight is 494 g/mol. The monoisotopic (exact) mass is 493 g/mol. The van der Waals surface area contributed by atoms with Crippen LogP contribution in [0.3, 0.4) is 0 Å². The molecular formula is C26H27N3O5S. The summed E-state index contributed by atoms with van der Waals surface area (Å²) in [6.45, 7) is 4.27. The van der Waals surface area contributed by atoms with E-state index < -0.39 is 15.8 Å². The van der Waals surface area contributed by atoms with Gasteiger partial charge in [0.15, 0.2) is 9.84 Å². The molecule has 1 aliphatic rings. The molecule has 35 heavy (non-hydrogen) atoms. The molecule has 0 radical (unpaired) electrons. The third kappa shape index (κ3) is 5.86. The highest BCUT2D eigenvalue weighted by molar-refractivity contribution is 7.90. The summed E-state index contributed by atoms with van der Waals surface area (Å²) in [5.41, 5.74) is 1.44. The van der Waals surface area contributed by atoms with E-state index in [-0.39, 0.29) is 16.6 Å². The first kappa shape index (κ1) is 24.4. The van der Waals surface area contributed by atoms with Crippen molar-refractivity contribution >= 4 is 27.5 Å². The summed E-state index contributed by atoms with van der Waals surface area (Å²) in [6.07, 6.45) is 1.50. The van der Waals surface area contributed by atoms with Crippen molar-refractivity contribution in [3.05, 3.63) is 89.6 Å². The maximum atomic E-state index is 13.1. The smallest absolute Gasteiger partial charge is 0.339 e. The van der Waals surface area contributed by atoms with E-state index in [4.69, 9.17) is 4.74 Å². The Bertz CT molecular complexity index is 1290. The summed E-state index contributed by atoms with van der Waals surface area (Å²) < 4.78 is 30.4. The van der Waals surface area contributed by atoms with Gasteiger partial charge in [-0.1, -0.05) is 30.3 Å². The lowest BCUT2D eigenvalue weighted by Crippen LogP contribution is -2.49. The number of aromatic nitrogens is 1. The van der Waals surface area contributed by atoms with Crippen molar-refractivity contribution in [3.8, 4) is 0 Å². The molecule has 182 valence electrons. The molecule has 1 aromatic heterocycles. The average Bonchev–Trinajstić information content (AvgIpc) is 2.89. The van der Waals surface area contributed by atoms with E-state index in [1.807, 2.05) is 0 Å². The Balaban J connectivity index is 1.38. The molecule has 1 aliphatic heterocycles. The molecule has 0 atom stereocenters. The van der Waals surface area contributed by atoms with E-state index in [1.165, 1.54) is 6.20 Å². The molecule has 2 aromatic carbocycles. The molecule has 0 unspecified atom stereocenters. The van der Waals surface area contributed by atoms with Gasteiger partial charge in [0, 0.05) is 37.9 Å². The maximum absolute atomic E-state index is 13.1. The second-order valence-corrected chi connectivity index (χ2v) is 10.2. The Morgan fingerprint density at radius 3 is 2.31 bits per heavy atom. The Labute approximate surface area is 205 Å². The highest BCUT2D eigenvalue weighted by Gasteiger charge is 2.24. The summed E-state index contributed by atoms with van der Waals surface area (Å²) in [5.74, 6) is 0.0348. The SMILES string of the molecule is CCOC(=O)c1ccc(N2CCN(C(=O)c3cccc(CS(=O)(=O)c4ccccc4)c3)CC2)nc1. The number of benzene rings is 2. The first-order valence-corrected chi connectivity index (χ1v) is 13.1. The fraction of sp³-hybridized carbons (Fsp3) is 0.269. The van der Waals surface area contributed by atoms with Crippen molar-refractivity contribution in [2.75, 3.05) is 37.7 Å². The van der Waals surface area contributed by atoms with Crippen LogP contribution in [0, 0.1) is 0 Å². The van der Waals surface area contributed by atoms with Gasteiger partial charge in [-0.3, -0.25) is 4.79 Å². The van der Waals surface area contributed by atoms with E-state index in [9.17, 15) is 18.0 Å². The van der Waals surface area contributed by atoms with Crippen LogP contribution in [0.1, 0.15) is 33.2 Å². The number of hydrogen-bond acceptors (Lipinski definition) is 7. The molecule has 1 saturated heterocycles. The van der Waals surface area contributed by atoms with Crippen molar-refractivity contribution in [1.82, 2.24) is 9.88 Å². The number of piperazine rings is 1. The fourth-order valence-electron chi connectivity index (χ4n) is 3.95. The first-order chi connectivity index (χ1) is 16.9. The summed E-state index contributed by atoms with van der Waals surface area (Å²) in [5, 5.41) is 0. The minimum atomic E-state index is -3.50. The zero-order valence-corrected chi connectivity index (χ0v) is 20.3. The molecule has 4 rings (SSSR count). The van der Waals surface area contributed by atoms with Gasteiger partial charge in [-0.2, -0.15) is 0 Å². The van der Waals surface area contributed by atoms with Gasteiger partial charge < -0.3 is 14.5 Å². The van der Waals surface area contributed by atoms with Crippen LogP contribution >= 0.6 is 0 Å². The molecule has 0 aliphatic carbocycles. The molecule has 1 amide bonds. The molecule has 9 heteroatoms. The summed E-state index contributed by atoms with van der Waals surface area (Å²) in [7, 11) is -3.50. The normalized spacial score (nSPS) is 14.0. The molecule has 2 heterocycles. The number of hydrogen-bond donors (Lipinski definition) is 0. The van der Waals surface area contributed by atoms with Crippen molar-refractivity contribution in [2.24, 2.45) is 0 Å². The lowest BCUT2D eigenvalue weighted by Gasteiger charge is -2.35. The third-order valence-corrected chi connectivity index (χ3v) is 7.49. The van der Waals surface area contributed by atoms with Crippen LogP contribution in [0.15, 0.2) is 77.8 Å². The van der Waals surface area contributed by atoms with Gasteiger partial charge in [0.1, 0.15) is 5.82 Å². The van der Waals surface area contributed by atoms with E-state index in [2.05, 4.69) is 9.88 Å². The molecule has 0 saturated carbocycles. The number of amides is 1. The van der Waals surface area contributed by atoms with Crippen molar-refractivity contribution in [3.63, 3.8) is 0 Å². The zero-order chi connectivity index (χ0) is 24.8. The number of esters is 1. The topological polar surface area (TPSA) is 96.9 Å². The fourth-order valence-corrected chi connectivity index (χ4v) is 5.31. The Morgan fingerprint density at radius 2 is 1.66 bits per heavy atom. The van der Waals surface area contributed by atoms with Crippen LogP contribution in [-0.4, -0.2) is 63.0 Å². The second-order valence-electron chi connectivity index (χ2n) is 8.18. The van der Waals surface area contributed by atoms with E-state index >= 15 is 0 Å². The standard InChI is InChI=1S/C26H27N3O5S/c1-2-34-26(31)22-11-12-24(27-18-22)28-13-15-29(16-14-28)25(30)21-8-6-7-20(17-21)19-35(32,33)23-9-4-3-5-10-23/h3-12,17-18H,2,13-16,19H2,1H3.